The molecule has 29 heavy (non-hydrogen) atoms. The van der Waals surface area contributed by atoms with Crippen LogP contribution in [0.15, 0.2) is 48.8 Å². The summed E-state index contributed by atoms with van der Waals surface area (Å²) in [6.45, 7) is 8.27. The minimum absolute atomic E-state index is 0.0393. The number of aromatic nitrogens is 1. The van der Waals surface area contributed by atoms with E-state index in [0.717, 1.165) is 17.7 Å². The van der Waals surface area contributed by atoms with E-state index in [2.05, 4.69) is 18.8 Å². The van der Waals surface area contributed by atoms with Gasteiger partial charge >= 0.3 is 0 Å². The van der Waals surface area contributed by atoms with Crippen molar-refractivity contribution in [2.24, 2.45) is 0 Å². The maximum atomic E-state index is 13.0. The van der Waals surface area contributed by atoms with Crippen LogP contribution in [0.3, 0.4) is 0 Å². The number of amides is 2. The topological polar surface area (TPSA) is 62.7 Å². The van der Waals surface area contributed by atoms with Crippen LogP contribution in [0.2, 0.25) is 0 Å². The maximum Gasteiger partial charge on any atom is 0.263 e. The third-order valence-corrected chi connectivity index (χ3v) is 5.20. The number of carbonyl (C=O) groups is 2. The zero-order chi connectivity index (χ0) is 20.8. The van der Waals surface area contributed by atoms with E-state index in [1.807, 2.05) is 24.3 Å². The largest absolute Gasteiger partial charge is 0.481 e. The highest BCUT2D eigenvalue weighted by atomic mass is 16.5. The number of ether oxygens (including phenoxy) is 1. The van der Waals surface area contributed by atoms with Crippen LogP contribution in [0.1, 0.15) is 49.0 Å². The van der Waals surface area contributed by atoms with Crippen molar-refractivity contribution in [3.63, 3.8) is 0 Å². The molecule has 1 aliphatic heterocycles. The van der Waals surface area contributed by atoms with E-state index < -0.39 is 6.10 Å². The van der Waals surface area contributed by atoms with E-state index in [9.17, 15) is 9.59 Å². The number of nitrogens with zero attached hydrogens (tertiary/aromatic N) is 3. The Bertz CT molecular complexity index is 838. The van der Waals surface area contributed by atoms with E-state index in [1.54, 1.807) is 41.2 Å². The van der Waals surface area contributed by atoms with Crippen LogP contribution in [0.4, 0.5) is 0 Å². The van der Waals surface area contributed by atoms with Gasteiger partial charge in [0.1, 0.15) is 5.75 Å². The summed E-state index contributed by atoms with van der Waals surface area (Å²) < 4.78 is 6.03. The monoisotopic (exact) mass is 395 g/mol. The third kappa shape index (κ3) is 5.13. The van der Waals surface area contributed by atoms with E-state index in [1.165, 1.54) is 0 Å². The first-order valence-corrected chi connectivity index (χ1v) is 10.2. The van der Waals surface area contributed by atoms with E-state index in [0.29, 0.717) is 37.7 Å². The van der Waals surface area contributed by atoms with Gasteiger partial charge < -0.3 is 14.5 Å². The number of para-hydroxylation sites is 1. The van der Waals surface area contributed by atoms with Gasteiger partial charge in [-0.2, -0.15) is 0 Å². The Labute approximate surface area is 172 Å². The maximum absolute atomic E-state index is 13.0. The van der Waals surface area contributed by atoms with Crippen molar-refractivity contribution in [3.8, 4) is 5.75 Å². The fourth-order valence-corrected chi connectivity index (χ4v) is 3.58. The summed E-state index contributed by atoms with van der Waals surface area (Å²) in [5.41, 5.74) is 1.67. The fraction of sp³-hybridized carbons (Fsp3) is 0.435. The molecule has 1 aromatic carbocycles. The van der Waals surface area contributed by atoms with Crippen LogP contribution in [0.25, 0.3) is 0 Å². The molecular weight excluding hydrogens is 366 g/mol. The molecule has 0 spiro atoms. The van der Waals surface area contributed by atoms with Crippen LogP contribution in [0.5, 0.6) is 5.75 Å². The second-order valence-corrected chi connectivity index (χ2v) is 7.67. The first kappa shape index (κ1) is 20.8. The summed E-state index contributed by atoms with van der Waals surface area (Å²) in [6.07, 6.45) is 3.40. The number of benzene rings is 1. The van der Waals surface area contributed by atoms with Crippen molar-refractivity contribution in [2.45, 2.75) is 39.2 Å². The number of hydrogen-bond acceptors (Lipinski definition) is 4. The quantitative estimate of drug-likeness (QED) is 0.779. The predicted molar refractivity (Wildman–Crippen MR) is 112 cm³/mol. The molecule has 3 rings (SSSR count). The Hall–Kier alpha value is -2.89. The molecule has 1 aliphatic rings. The van der Waals surface area contributed by atoms with E-state index >= 15 is 0 Å². The Morgan fingerprint density at radius 2 is 1.69 bits per heavy atom. The molecule has 2 amide bonds. The van der Waals surface area contributed by atoms with Crippen LogP contribution < -0.4 is 4.74 Å². The van der Waals surface area contributed by atoms with Crippen molar-refractivity contribution < 1.29 is 14.3 Å². The highest BCUT2D eigenvalue weighted by molar-refractivity contribution is 5.94. The summed E-state index contributed by atoms with van der Waals surface area (Å²) in [6, 6.07) is 11.4. The molecule has 6 heteroatoms. The molecule has 1 aromatic heterocycles. The normalized spacial score (nSPS) is 15.7. The fourth-order valence-electron chi connectivity index (χ4n) is 3.58. The highest BCUT2D eigenvalue weighted by Gasteiger charge is 2.27. The van der Waals surface area contributed by atoms with Gasteiger partial charge in [-0.05, 0) is 43.0 Å². The van der Waals surface area contributed by atoms with Crippen molar-refractivity contribution in [1.82, 2.24) is 14.8 Å². The first-order valence-electron chi connectivity index (χ1n) is 10.2. The molecule has 154 valence electrons. The van der Waals surface area contributed by atoms with E-state index in [4.69, 9.17) is 4.74 Å². The lowest BCUT2D eigenvalue weighted by Crippen LogP contribution is -2.43. The zero-order valence-corrected chi connectivity index (χ0v) is 17.4. The molecule has 0 radical (unpaired) electrons. The standard InChI is InChI=1S/C23H29N3O3/c1-17(2)20-9-4-5-10-21(20)29-18(3)22(27)25-12-7-13-26(15-14-25)23(28)19-8-6-11-24-16-19/h4-6,8-11,16-18H,7,12-15H2,1-3H3. The van der Waals surface area contributed by atoms with Crippen molar-refractivity contribution in [1.29, 1.82) is 0 Å². The minimum Gasteiger partial charge on any atom is -0.481 e. The molecule has 1 atom stereocenters. The lowest BCUT2D eigenvalue weighted by molar-refractivity contribution is -0.137. The molecular formula is C23H29N3O3. The second kappa shape index (κ2) is 9.54. The molecule has 0 N–H and O–H groups in total. The van der Waals surface area contributed by atoms with Crippen molar-refractivity contribution >= 4 is 11.8 Å². The molecule has 1 unspecified atom stereocenters. The molecule has 0 saturated carbocycles. The third-order valence-electron chi connectivity index (χ3n) is 5.20. The molecule has 6 nitrogen and oxygen atoms in total. The molecule has 0 aliphatic carbocycles. The van der Waals surface area contributed by atoms with Gasteiger partial charge in [0.15, 0.2) is 6.10 Å². The molecule has 1 fully saturated rings. The van der Waals surface area contributed by atoms with Gasteiger partial charge in [0.2, 0.25) is 0 Å². The Morgan fingerprint density at radius 1 is 0.966 bits per heavy atom. The van der Waals surface area contributed by atoms with Gasteiger partial charge in [0, 0.05) is 38.6 Å². The summed E-state index contributed by atoms with van der Waals surface area (Å²) in [5.74, 6) is 0.993. The van der Waals surface area contributed by atoms with Gasteiger partial charge in [-0.3, -0.25) is 14.6 Å². The SMILES string of the molecule is CC(Oc1ccccc1C(C)C)C(=O)N1CCCN(C(=O)c2cccnc2)CC1. The first-order chi connectivity index (χ1) is 14.0. The minimum atomic E-state index is -0.574. The lowest BCUT2D eigenvalue weighted by Gasteiger charge is -2.26. The summed E-state index contributed by atoms with van der Waals surface area (Å²) in [7, 11) is 0. The van der Waals surface area contributed by atoms with Crippen molar-refractivity contribution in [2.75, 3.05) is 26.2 Å². The van der Waals surface area contributed by atoms with Crippen LogP contribution in [0, 0.1) is 0 Å². The summed E-state index contributed by atoms with van der Waals surface area (Å²) in [4.78, 5) is 33.3. The molecule has 2 heterocycles. The van der Waals surface area contributed by atoms with Crippen molar-refractivity contribution in [3.05, 3.63) is 59.9 Å². The van der Waals surface area contributed by atoms with Crippen LogP contribution in [-0.2, 0) is 4.79 Å². The lowest BCUT2D eigenvalue weighted by atomic mass is 10.0. The summed E-state index contributed by atoms with van der Waals surface area (Å²) >= 11 is 0. The van der Waals surface area contributed by atoms with Gasteiger partial charge in [-0.15, -0.1) is 0 Å². The smallest absolute Gasteiger partial charge is 0.263 e. The summed E-state index contributed by atoms with van der Waals surface area (Å²) in [5, 5.41) is 0. The highest BCUT2D eigenvalue weighted by Crippen LogP contribution is 2.27. The average molecular weight is 396 g/mol. The number of carbonyl (C=O) groups excluding carboxylic acids is 2. The number of pyridine rings is 1. The molecule has 0 bridgehead atoms. The zero-order valence-electron chi connectivity index (χ0n) is 17.4. The second-order valence-electron chi connectivity index (χ2n) is 7.67. The average Bonchev–Trinajstić information content (AvgIpc) is 2.99. The van der Waals surface area contributed by atoms with Crippen LogP contribution >= 0.6 is 0 Å². The Kier molecular flexibility index (Phi) is 6.86. The predicted octanol–water partition coefficient (Wildman–Crippen LogP) is 3.35. The Balaban J connectivity index is 1.61. The van der Waals surface area contributed by atoms with E-state index in [-0.39, 0.29) is 11.8 Å². The Morgan fingerprint density at radius 3 is 2.41 bits per heavy atom. The van der Waals surface area contributed by atoms with Gasteiger partial charge in [-0.25, -0.2) is 0 Å². The number of hydrogen-bond donors (Lipinski definition) is 0. The number of rotatable bonds is 5. The van der Waals surface area contributed by atoms with Gasteiger partial charge in [-0.1, -0.05) is 32.0 Å². The van der Waals surface area contributed by atoms with Crippen LogP contribution in [-0.4, -0.2) is 58.9 Å². The van der Waals surface area contributed by atoms with Gasteiger partial charge in [0.05, 0.1) is 5.56 Å². The molecule has 1 saturated heterocycles. The molecule has 2 aromatic rings. The van der Waals surface area contributed by atoms with Gasteiger partial charge in [0.25, 0.3) is 11.8 Å².